The van der Waals surface area contributed by atoms with Gasteiger partial charge in [-0.2, -0.15) is 0 Å². The first-order valence-corrected chi connectivity index (χ1v) is 9.25. The molecule has 3 rings (SSSR count). The number of amides is 1. The summed E-state index contributed by atoms with van der Waals surface area (Å²) in [6.45, 7) is 2.65. The molecule has 0 bridgehead atoms. The van der Waals surface area contributed by atoms with Gasteiger partial charge < -0.3 is 23.5 Å². The molecule has 0 radical (unpaired) electrons. The molecule has 29 heavy (non-hydrogen) atoms. The van der Waals surface area contributed by atoms with Gasteiger partial charge in [0.2, 0.25) is 0 Å². The number of rotatable bonds is 8. The van der Waals surface area contributed by atoms with Crippen LogP contribution in [0.3, 0.4) is 0 Å². The average Bonchev–Trinajstić information content (AvgIpc) is 3.22. The quantitative estimate of drug-likeness (QED) is 0.564. The van der Waals surface area contributed by atoms with Crippen molar-refractivity contribution >= 4 is 5.91 Å². The average molecular weight is 395 g/mol. The maximum absolute atomic E-state index is 12.8. The lowest BCUT2D eigenvalue weighted by molar-refractivity contribution is 0.0749. The summed E-state index contributed by atoms with van der Waals surface area (Å²) in [5.41, 5.74) is 1.98. The molecule has 0 unspecified atom stereocenters. The fourth-order valence-corrected chi connectivity index (χ4v) is 2.95. The SMILES string of the molecule is COc1cc(C)c(CN(C)C(=O)c2ccc(COc3ccccc3)o2)cc1OC. The van der Waals surface area contributed by atoms with E-state index in [1.54, 1.807) is 38.3 Å². The first-order chi connectivity index (χ1) is 14.0. The van der Waals surface area contributed by atoms with E-state index in [4.69, 9.17) is 18.6 Å². The maximum Gasteiger partial charge on any atom is 0.289 e. The van der Waals surface area contributed by atoms with Crippen molar-refractivity contribution in [3.8, 4) is 17.2 Å². The van der Waals surface area contributed by atoms with E-state index in [9.17, 15) is 4.79 Å². The van der Waals surface area contributed by atoms with Crippen LogP contribution in [0.15, 0.2) is 59.0 Å². The Morgan fingerprint density at radius 1 is 1.00 bits per heavy atom. The Bertz CT molecular complexity index is 965. The molecule has 6 nitrogen and oxygen atoms in total. The molecule has 152 valence electrons. The van der Waals surface area contributed by atoms with E-state index in [1.165, 1.54) is 0 Å². The summed E-state index contributed by atoms with van der Waals surface area (Å²) < 4.78 is 22.0. The predicted molar refractivity (Wildman–Crippen MR) is 110 cm³/mol. The molecule has 0 fully saturated rings. The maximum atomic E-state index is 12.8. The molecule has 0 saturated carbocycles. The molecule has 1 aromatic heterocycles. The Morgan fingerprint density at radius 3 is 2.38 bits per heavy atom. The van der Waals surface area contributed by atoms with E-state index in [0.29, 0.717) is 23.8 Å². The van der Waals surface area contributed by atoms with Crippen LogP contribution in [0.1, 0.15) is 27.4 Å². The second-order valence-electron chi connectivity index (χ2n) is 6.66. The lowest BCUT2D eigenvalue weighted by Gasteiger charge is -2.19. The molecule has 0 spiro atoms. The highest BCUT2D eigenvalue weighted by Crippen LogP contribution is 2.31. The van der Waals surface area contributed by atoms with Crippen LogP contribution < -0.4 is 14.2 Å². The van der Waals surface area contributed by atoms with Crippen LogP contribution in [0.5, 0.6) is 17.2 Å². The van der Waals surface area contributed by atoms with E-state index in [-0.39, 0.29) is 18.3 Å². The van der Waals surface area contributed by atoms with Crippen molar-refractivity contribution in [2.75, 3.05) is 21.3 Å². The molecule has 3 aromatic rings. The second-order valence-corrected chi connectivity index (χ2v) is 6.66. The Balaban J connectivity index is 1.65. The monoisotopic (exact) mass is 395 g/mol. The number of aryl methyl sites for hydroxylation is 1. The van der Waals surface area contributed by atoms with Crippen molar-refractivity contribution in [2.24, 2.45) is 0 Å². The van der Waals surface area contributed by atoms with Crippen LogP contribution in [0, 0.1) is 6.92 Å². The summed E-state index contributed by atoms with van der Waals surface area (Å²) in [7, 11) is 4.93. The van der Waals surface area contributed by atoms with E-state index >= 15 is 0 Å². The number of furan rings is 1. The Morgan fingerprint density at radius 2 is 1.69 bits per heavy atom. The summed E-state index contributed by atoms with van der Waals surface area (Å²) in [6, 6.07) is 16.7. The van der Waals surface area contributed by atoms with Crippen molar-refractivity contribution in [3.63, 3.8) is 0 Å². The highest BCUT2D eigenvalue weighted by atomic mass is 16.5. The zero-order valence-corrected chi connectivity index (χ0v) is 17.1. The smallest absolute Gasteiger partial charge is 0.289 e. The summed E-state index contributed by atoms with van der Waals surface area (Å²) >= 11 is 0. The summed E-state index contributed by atoms with van der Waals surface area (Å²) in [5, 5.41) is 0. The zero-order valence-electron chi connectivity index (χ0n) is 17.1. The fourth-order valence-electron chi connectivity index (χ4n) is 2.95. The molecule has 2 aromatic carbocycles. The zero-order chi connectivity index (χ0) is 20.8. The third-order valence-corrected chi connectivity index (χ3v) is 4.59. The Labute approximate surface area is 170 Å². The number of methoxy groups -OCH3 is 2. The molecule has 0 N–H and O–H groups in total. The van der Waals surface area contributed by atoms with Gasteiger partial charge in [-0.15, -0.1) is 0 Å². The molecule has 1 heterocycles. The van der Waals surface area contributed by atoms with Gasteiger partial charge in [-0.25, -0.2) is 0 Å². The number of carbonyl (C=O) groups is 1. The van der Waals surface area contributed by atoms with Gasteiger partial charge in [0.1, 0.15) is 18.1 Å². The third-order valence-electron chi connectivity index (χ3n) is 4.59. The van der Waals surface area contributed by atoms with E-state index < -0.39 is 0 Å². The molecule has 0 atom stereocenters. The van der Waals surface area contributed by atoms with Gasteiger partial charge in [0.25, 0.3) is 5.91 Å². The number of carbonyl (C=O) groups excluding carboxylic acids is 1. The van der Waals surface area contributed by atoms with Crippen LogP contribution >= 0.6 is 0 Å². The lowest BCUT2D eigenvalue weighted by Crippen LogP contribution is -2.26. The van der Waals surface area contributed by atoms with Crippen LogP contribution in [-0.4, -0.2) is 32.1 Å². The van der Waals surface area contributed by atoms with Crippen LogP contribution in [0.4, 0.5) is 0 Å². The molecule has 6 heteroatoms. The topological polar surface area (TPSA) is 61.1 Å². The number of nitrogens with zero attached hydrogens (tertiary/aromatic N) is 1. The van der Waals surface area contributed by atoms with Crippen molar-refractivity contribution in [3.05, 3.63) is 77.2 Å². The Kier molecular flexibility index (Phi) is 6.44. The largest absolute Gasteiger partial charge is 0.493 e. The van der Waals surface area contributed by atoms with Crippen LogP contribution in [-0.2, 0) is 13.2 Å². The first kappa shape index (κ1) is 20.3. The molecule has 0 aliphatic heterocycles. The van der Waals surface area contributed by atoms with Gasteiger partial charge in [0.05, 0.1) is 14.2 Å². The van der Waals surface area contributed by atoms with E-state index in [1.807, 2.05) is 49.4 Å². The summed E-state index contributed by atoms with van der Waals surface area (Å²) in [6.07, 6.45) is 0. The fraction of sp³-hybridized carbons (Fsp3) is 0.261. The minimum atomic E-state index is -0.204. The number of hydrogen-bond acceptors (Lipinski definition) is 5. The number of hydrogen-bond donors (Lipinski definition) is 0. The van der Waals surface area contributed by atoms with Gasteiger partial charge in [-0.05, 0) is 54.4 Å². The molecule has 0 saturated heterocycles. The molecule has 0 aliphatic rings. The minimum absolute atomic E-state index is 0.204. The van der Waals surface area contributed by atoms with Gasteiger partial charge in [-0.1, -0.05) is 18.2 Å². The number of benzene rings is 2. The van der Waals surface area contributed by atoms with Gasteiger partial charge in [0, 0.05) is 13.6 Å². The number of para-hydroxylation sites is 1. The molecular formula is C23H25NO5. The van der Waals surface area contributed by atoms with Crippen LogP contribution in [0.2, 0.25) is 0 Å². The standard InChI is InChI=1S/C23H25NO5/c1-16-12-21(26-3)22(27-4)13-17(16)14-24(2)23(25)20-11-10-19(29-20)15-28-18-8-6-5-7-9-18/h5-13H,14-15H2,1-4H3. The van der Waals surface area contributed by atoms with Crippen LogP contribution in [0.25, 0.3) is 0 Å². The van der Waals surface area contributed by atoms with Crippen molar-refractivity contribution in [1.29, 1.82) is 0 Å². The van der Waals surface area contributed by atoms with Gasteiger partial charge >= 0.3 is 0 Å². The van der Waals surface area contributed by atoms with Crippen molar-refractivity contribution in [1.82, 2.24) is 4.90 Å². The van der Waals surface area contributed by atoms with Crippen molar-refractivity contribution < 1.29 is 23.4 Å². The summed E-state index contributed by atoms with van der Waals surface area (Å²) in [4.78, 5) is 14.4. The first-order valence-electron chi connectivity index (χ1n) is 9.25. The summed E-state index contributed by atoms with van der Waals surface area (Å²) in [5.74, 6) is 2.71. The van der Waals surface area contributed by atoms with E-state index in [0.717, 1.165) is 16.9 Å². The Hall–Kier alpha value is -3.41. The molecule has 0 aliphatic carbocycles. The second kappa shape index (κ2) is 9.19. The normalized spacial score (nSPS) is 10.5. The highest BCUT2D eigenvalue weighted by Gasteiger charge is 2.18. The number of ether oxygens (including phenoxy) is 3. The van der Waals surface area contributed by atoms with Crippen molar-refractivity contribution in [2.45, 2.75) is 20.1 Å². The molecular weight excluding hydrogens is 370 g/mol. The lowest BCUT2D eigenvalue weighted by atomic mass is 10.1. The third kappa shape index (κ3) is 4.90. The minimum Gasteiger partial charge on any atom is -0.493 e. The van der Waals surface area contributed by atoms with Gasteiger partial charge in [0.15, 0.2) is 17.3 Å². The molecule has 1 amide bonds. The van der Waals surface area contributed by atoms with E-state index in [2.05, 4.69) is 0 Å². The predicted octanol–water partition coefficient (Wildman–Crippen LogP) is 4.46. The van der Waals surface area contributed by atoms with Gasteiger partial charge in [-0.3, -0.25) is 4.79 Å². The highest BCUT2D eigenvalue weighted by molar-refractivity contribution is 5.91.